The average molecular weight is 378 g/mol. The molecule has 0 N–H and O–H groups in total. The van der Waals surface area contributed by atoms with E-state index in [0.717, 1.165) is 11.5 Å². The van der Waals surface area contributed by atoms with Crippen molar-refractivity contribution in [1.29, 1.82) is 0 Å². The average Bonchev–Trinajstić information content (AvgIpc) is 2.68. The number of hydrogen-bond donors (Lipinski definition) is 0. The molecular formula is C17H22N4O4S. The lowest BCUT2D eigenvalue weighted by atomic mass is 10.3. The van der Waals surface area contributed by atoms with E-state index in [1.807, 2.05) is 24.0 Å². The summed E-state index contributed by atoms with van der Waals surface area (Å²) < 4.78 is 37.7. The molecule has 0 amide bonds. The minimum Gasteiger partial charge on any atom is -0.493 e. The van der Waals surface area contributed by atoms with Crippen LogP contribution in [-0.4, -0.2) is 63.3 Å². The zero-order valence-electron chi connectivity index (χ0n) is 15.0. The van der Waals surface area contributed by atoms with Crippen molar-refractivity contribution in [3.05, 3.63) is 36.0 Å². The van der Waals surface area contributed by atoms with Crippen molar-refractivity contribution >= 4 is 15.8 Å². The number of rotatable bonds is 5. The molecule has 0 radical (unpaired) electrons. The number of benzene rings is 1. The van der Waals surface area contributed by atoms with E-state index < -0.39 is 10.0 Å². The molecule has 140 valence electrons. The van der Waals surface area contributed by atoms with Crippen molar-refractivity contribution in [2.24, 2.45) is 0 Å². The second-order valence-electron chi connectivity index (χ2n) is 5.94. The quantitative estimate of drug-likeness (QED) is 0.775. The molecule has 8 nitrogen and oxygen atoms in total. The highest BCUT2D eigenvalue weighted by Crippen LogP contribution is 2.31. The first-order chi connectivity index (χ1) is 12.5. The molecule has 1 fully saturated rings. The zero-order valence-corrected chi connectivity index (χ0v) is 15.9. The van der Waals surface area contributed by atoms with Gasteiger partial charge in [0.2, 0.25) is 10.0 Å². The maximum absolute atomic E-state index is 12.9. The first-order valence-corrected chi connectivity index (χ1v) is 9.67. The SMILES string of the molecule is COc1ccc(S(=O)(=O)N2CCN(c3ccc(C)nn3)CC2)cc1OC. The normalized spacial score (nSPS) is 15.7. The number of anilines is 1. The number of hydrogen-bond acceptors (Lipinski definition) is 7. The predicted octanol–water partition coefficient (Wildman–Crippen LogP) is 1.31. The van der Waals surface area contributed by atoms with Gasteiger partial charge in [0, 0.05) is 32.2 Å². The van der Waals surface area contributed by atoms with Gasteiger partial charge in [0.25, 0.3) is 0 Å². The van der Waals surface area contributed by atoms with Gasteiger partial charge in [-0.05, 0) is 31.2 Å². The molecule has 26 heavy (non-hydrogen) atoms. The molecule has 3 rings (SSSR count). The highest BCUT2D eigenvalue weighted by Gasteiger charge is 2.29. The summed E-state index contributed by atoms with van der Waals surface area (Å²) in [7, 11) is -0.602. The summed E-state index contributed by atoms with van der Waals surface area (Å²) in [4.78, 5) is 2.23. The smallest absolute Gasteiger partial charge is 0.243 e. The Balaban J connectivity index is 1.74. The molecule has 2 heterocycles. The van der Waals surface area contributed by atoms with Gasteiger partial charge in [0.15, 0.2) is 17.3 Å². The number of sulfonamides is 1. The molecule has 0 atom stereocenters. The Labute approximate surface area is 153 Å². The predicted molar refractivity (Wildman–Crippen MR) is 97.3 cm³/mol. The lowest BCUT2D eigenvalue weighted by molar-refractivity contribution is 0.353. The van der Waals surface area contributed by atoms with Gasteiger partial charge in [-0.2, -0.15) is 9.40 Å². The molecule has 0 unspecified atom stereocenters. The third-order valence-corrected chi connectivity index (χ3v) is 6.23. The zero-order chi connectivity index (χ0) is 18.7. The van der Waals surface area contributed by atoms with Crippen molar-refractivity contribution < 1.29 is 17.9 Å². The Bertz CT molecular complexity index is 863. The van der Waals surface area contributed by atoms with Crippen LogP contribution in [-0.2, 0) is 10.0 Å². The molecule has 1 aliphatic rings. The summed E-state index contributed by atoms with van der Waals surface area (Å²) in [5, 5.41) is 8.22. The van der Waals surface area contributed by atoms with E-state index >= 15 is 0 Å². The number of methoxy groups -OCH3 is 2. The van der Waals surface area contributed by atoms with Crippen LogP contribution in [0.25, 0.3) is 0 Å². The largest absolute Gasteiger partial charge is 0.493 e. The molecule has 1 aromatic carbocycles. The molecule has 1 saturated heterocycles. The van der Waals surface area contributed by atoms with Crippen LogP contribution in [0.2, 0.25) is 0 Å². The summed E-state index contributed by atoms with van der Waals surface area (Å²) in [6.07, 6.45) is 0. The van der Waals surface area contributed by atoms with Crippen LogP contribution >= 0.6 is 0 Å². The summed E-state index contributed by atoms with van der Waals surface area (Å²) >= 11 is 0. The van der Waals surface area contributed by atoms with Gasteiger partial charge in [-0.15, -0.1) is 5.10 Å². The Morgan fingerprint density at radius 2 is 1.62 bits per heavy atom. The van der Waals surface area contributed by atoms with Crippen LogP contribution in [0, 0.1) is 6.92 Å². The number of aryl methyl sites for hydroxylation is 1. The molecule has 0 bridgehead atoms. The first-order valence-electron chi connectivity index (χ1n) is 8.23. The van der Waals surface area contributed by atoms with Crippen LogP contribution in [0.1, 0.15) is 5.69 Å². The molecule has 9 heteroatoms. The molecule has 0 saturated carbocycles. The van der Waals surface area contributed by atoms with Crippen LogP contribution < -0.4 is 14.4 Å². The van der Waals surface area contributed by atoms with Crippen molar-refractivity contribution in [2.75, 3.05) is 45.3 Å². The molecule has 0 aliphatic carbocycles. The van der Waals surface area contributed by atoms with E-state index in [0.29, 0.717) is 37.7 Å². The van der Waals surface area contributed by atoms with Gasteiger partial charge in [-0.1, -0.05) is 0 Å². The molecule has 1 aromatic heterocycles. The highest BCUT2D eigenvalue weighted by atomic mass is 32.2. The van der Waals surface area contributed by atoms with E-state index in [1.165, 1.54) is 30.7 Å². The van der Waals surface area contributed by atoms with Crippen molar-refractivity contribution in [2.45, 2.75) is 11.8 Å². The van der Waals surface area contributed by atoms with Crippen LogP contribution in [0.5, 0.6) is 11.5 Å². The van der Waals surface area contributed by atoms with Crippen LogP contribution in [0.15, 0.2) is 35.2 Å². The summed E-state index contributed by atoms with van der Waals surface area (Å²) in [6.45, 7) is 3.76. The van der Waals surface area contributed by atoms with Crippen LogP contribution in [0.4, 0.5) is 5.82 Å². The summed E-state index contributed by atoms with van der Waals surface area (Å²) in [5.74, 6) is 1.65. The maximum Gasteiger partial charge on any atom is 0.243 e. The maximum atomic E-state index is 12.9. The van der Waals surface area contributed by atoms with Crippen molar-refractivity contribution in [3.8, 4) is 11.5 Å². The lowest BCUT2D eigenvalue weighted by Crippen LogP contribution is -2.49. The van der Waals surface area contributed by atoms with Gasteiger partial charge < -0.3 is 14.4 Å². The third-order valence-electron chi connectivity index (χ3n) is 4.34. The second-order valence-corrected chi connectivity index (χ2v) is 7.88. The van der Waals surface area contributed by atoms with Crippen LogP contribution in [0.3, 0.4) is 0 Å². The van der Waals surface area contributed by atoms with E-state index in [1.54, 1.807) is 6.07 Å². The minimum absolute atomic E-state index is 0.193. The van der Waals surface area contributed by atoms with Gasteiger partial charge in [0.05, 0.1) is 24.8 Å². The van der Waals surface area contributed by atoms with E-state index in [-0.39, 0.29) is 4.90 Å². The third kappa shape index (κ3) is 3.58. The van der Waals surface area contributed by atoms with E-state index in [4.69, 9.17) is 9.47 Å². The van der Waals surface area contributed by atoms with Gasteiger partial charge in [-0.25, -0.2) is 8.42 Å². The molecule has 0 spiro atoms. The van der Waals surface area contributed by atoms with Gasteiger partial charge >= 0.3 is 0 Å². The van der Waals surface area contributed by atoms with Gasteiger partial charge in [-0.3, -0.25) is 0 Å². The summed E-state index contributed by atoms with van der Waals surface area (Å²) in [6, 6.07) is 8.43. The van der Waals surface area contributed by atoms with Crippen molar-refractivity contribution in [1.82, 2.24) is 14.5 Å². The topological polar surface area (TPSA) is 84.9 Å². The standard InChI is InChI=1S/C17H22N4O4S/c1-13-4-7-17(19-18-13)20-8-10-21(11-9-20)26(22,23)14-5-6-15(24-2)16(12-14)25-3/h4-7,12H,8-11H2,1-3H3. The number of aromatic nitrogens is 2. The fraction of sp³-hybridized carbons (Fsp3) is 0.412. The molecular weight excluding hydrogens is 356 g/mol. The fourth-order valence-corrected chi connectivity index (χ4v) is 4.28. The Kier molecular flexibility index (Phi) is 5.28. The highest BCUT2D eigenvalue weighted by molar-refractivity contribution is 7.89. The first kappa shape index (κ1) is 18.4. The minimum atomic E-state index is -3.60. The lowest BCUT2D eigenvalue weighted by Gasteiger charge is -2.34. The second kappa shape index (κ2) is 7.46. The number of nitrogens with zero attached hydrogens (tertiary/aromatic N) is 4. The number of ether oxygens (including phenoxy) is 2. The van der Waals surface area contributed by atoms with Gasteiger partial charge in [0.1, 0.15) is 0 Å². The fourth-order valence-electron chi connectivity index (χ4n) is 2.84. The monoisotopic (exact) mass is 378 g/mol. The summed E-state index contributed by atoms with van der Waals surface area (Å²) in [5.41, 5.74) is 0.850. The number of piperazine rings is 1. The van der Waals surface area contributed by atoms with E-state index in [9.17, 15) is 8.42 Å². The molecule has 1 aliphatic heterocycles. The Morgan fingerprint density at radius 1 is 0.923 bits per heavy atom. The Morgan fingerprint density at radius 3 is 2.19 bits per heavy atom. The van der Waals surface area contributed by atoms with E-state index in [2.05, 4.69) is 10.2 Å². The molecule has 2 aromatic rings. The van der Waals surface area contributed by atoms with Crippen molar-refractivity contribution in [3.63, 3.8) is 0 Å². The Hall–Kier alpha value is -2.39.